The fourth-order valence-corrected chi connectivity index (χ4v) is 3.13. The average molecular weight is 331 g/mol. The number of rotatable bonds is 14. The van der Waals surface area contributed by atoms with Crippen LogP contribution < -0.4 is 0 Å². The van der Waals surface area contributed by atoms with Crippen LogP contribution in [0, 0.1) is 0 Å². The number of hydrogen-bond donors (Lipinski definition) is 2. The Hall–Kier alpha value is -0.160. The summed E-state index contributed by atoms with van der Waals surface area (Å²) in [5, 5.41) is 19.4. The largest absolute Gasteiger partial charge is 0.388 e. The molecule has 138 valence electrons. The molecule has 4 atom stereocenters. The van der Waals surface area contributed by atoms with Crippen molar-refractivity contribution in [2.75, 3.05) is 13.2 Å². The highest BCUT2D eigenvalue weighted by Crippen LogP contribution is 2.19. The lowest BCUT2D eigenvalue weighted by Gasteiger charge is -2.22. The van der Waals surface area contributed by atoms with Crippen molar-refractivity contribution in [3.8, 4) is 0 Å². The quantitative estimate of drug-likeness (QED) is 0.475. The second-order valence-corrected chi connectivity index (χ2v) is 6.94. The average Bonchev–Trinajstić information content (AvgIpc) is 2.87. The molecule has 0 bridgehead atoms. The van der Waals surface area contributed by atoms with E-state index < -0.39 is 12.2 Å². The summed E-state index contributed by atoms with van der Waals surface area (Å²) in [6, 6.07) is 0. The minimum Gasteiger partial charge on any atom is -0.388 e. The van der Waals surface area contributed by atoms with Gasteiger partial charge in [-0.3, -0.25) is 0 Å². The van der Waals surface area contributed by atoms with Crippen LogP contribution in [-0.2, 0) is 9.47 Å². The SMILES string of the molecule is CCCCCCCC(CCCCCC)OCC1OCC(O)C1O. The molecule has 1 aliphatic heterocycles. The summed E-state index contributed by atoms with van der Waals surface area (Å²) in [6.45, 7) is 5.08. The van der Waals surface area contributed by atoms with E-state index in [2.05, 4.69) is 13.8 Å². The number of aliphatic hydroxyl groups excluding tert-OH is 2. The third kappa shape index (κ3) is 9.04. The molecule has 4 nitrogen and oxygen atoms in total. The van der Waals surface area contributed by atoms with Gasteiger partial charge in [-0.15, -0.1) is 0 Å². The summed E-state index contributed by atoms with van der Waals surface area (Å²) in [7, 11) is 0. The third-order valence-electron chi connectivity index (χ3n) is 4.76. The topological polar surface area (TPSA) is 58.9 Å². The van der Waals surface area contributed by atoms with Crippen LogP contribution in [0.25, 0.3) is 0 Å². The van der Waals surface area contributed by atoms with E-state index in [-0.39, 0.29) is 18.8 Å². The zero-order valence-corrected chi connectivity index (χ0v) is 15.2. The van der Waals surface area contributed by atoms with Crippen molar-refractivity contribution in [2.24, 2.45) is 0 Å². The zero-order chi connectivity index (χ0) is 16.9. The van der Waals surface area contributed by atoms with Gasteiger partial charge >= 0.3 is 0 Å². The highest BCUT2D eigenvalue weighted by Gasteiger charge is 2.34. The molecule has 0 aromatic rings. The van der Waals surface area contributed by atoms with Gasteiger partial charge in [-0.2, -0.15) is 0 Å². The molecule has 4 unspecified atom stereocenters. The van der Waals surface area contributed by atoms with Crippen LogP contribution in [0.3, 0.4) is 0 Å². The molecule has 2 N–H and O–H groups in total. The van der Waals surface area contributed by atoms with Gasteiger partial charge in [-0.25, -0.2) is 0 Å². The maximum Gasteiger partial charge on any atom is 0.110 e. The number of ether oxygens (including phenoxy) is 2. The molecule has 1 aliphatic rings. The van der Waals surface area contributed by atoms with Crippen molar-refractivity contribution in [1.29, 1.82) is 0 Å². The maximum absolute atomic E-state index is 9.83. The van der Waals surface area contributed by atoms with Crippen molar-refractivity contribution in [3.05, 3.63) is 0 Å². The maximum atomic E-state index is 9.83. The minimum absolute atomic E-state index is 0.216. The molecule has 1 rings (SSSR count). The Morgan fingerprint density at radius 2 is 1.48 bits per heavy atom. The lowest BCUT2D eigenvalue weighted by Crippen LogP contribution is -2.34. The van der Waals surface area contributed by atoms with E-state index in [1.807, 2.05) is 0 Å². The minimum atomic E-state index is -0.805. The van der Waals surface area contributed by atoms with Gasteiger partial charge in [0.05, 0.1) is 19.3 Å². The molecule has 0 saturated carbocycles. The van der Waals surface area contributed by atoms with Crippen molar-refractivity contribution >= 4 is 0 Å². The summed E-state index contributed by atoms with van der Waals surface area (Å²) < 4.78 is 11.4. The molecule has 0 aliphatic carbocycles. The molecule has 4 heteroatoms. The van der Waals surface area contributed by atoms with Crippen LogP contribution in [0.5, 0.6) is 0 Å². The fraction of sp³-hybridized carbons (Fsp3) is 1.00. The van der Waals surface area contributed by atoms with Crippen LogP contribution in [-0.4, -0.2) is 47.8 Å². The van der Waals surface area contributed by atoms with Crippen LogP contribution in [0.4, 0.5) is 0 Å². The first-order chi connectivity index (χ1) is 11.2. The summed E-state index contributed by atoms with van der Waals surface area (Å²) in [5.74, 6) is 0. The number of unbranched alkanes of at least 4 members (excludes halogenated alkanes) is 7. The summed E-state index contributed by atoms with van der Waals surface area (Å²) in [6.07, 6.45) is 12.0. The highest BCUT2D eigenvalue weighted by atomic mass is 16.6. The predicted octanol–water partition coefficient (Wildman–Crippen LogP) is 3.82. The van der Waals surface area contributed by atoms with Crippen LogP contribution in [0.1, 0.15) is 84.5 Å². The molecule has 1 heterocycles. The molecule has 0 amide bonds. The molecule has 0 spiro atoms. The Morgan fingerprint density at radius 1 is 0.913 bits per heavy atom. The van der Waals surface area contributed by atoms with E-state index in [4.69, 9.17) is 9.47 Å². The molecule has 1 fully saturated rings. The van der Waals surface area contributed by atoms with Gasteiger partial charge in [0.1, 0.15) is 18.3 Å². The van der Waals surface area contributed by atoms with Crippen molar-refractivity contribution in [1.82, 2.24) is 0 Å². The Balaban J connectivity index is 2.25. The van der Waals surface area contributed by atoms with Crippen molar-refractivity contribution < 1.29 is 19.7 Å². The van der Waals surface area contributed by atoms with Crippen LogP contribution in [0.15, 0.2) is 0 Å². The van der Waals surface area contributed by atoms with E-state index in [1.54, 1.807) is 0 Å². The second kappa shape index (κ2) is 13.2. The van der Waals surface area contributed by atoms with E-state index in [9.17, 15) is 10.2 Å². The smallest absolute Gasteiger partial charge is 0.110 e. The predicted molar refractivity (Wildman–Crippen MR) is 93.6 cm³/mol. The summed E-state index contributed by atoms with van der Waals surface area (Å²) in [4.78, 5) is 0. The van der Waals surface area contributed by atoms with Gasteiger partial charge in [0, 0.05) is 0 Å². The van der Waals surface area contributed by atoms with E-state index in [0.29, 0.717) is 6.61 Å². The monoisotopic (exact) mass is 330 g/mol. The first-order valence-corrected chi connectivity index (χ1v) is 9.78. The molecule has 1 saturated heterocycles. The van der Waals surface area contributed by atoms with Crippen LogP contribution in [0.2, 0.25) is 0 Å². The molecule has 0 radical (unpaired) electrons. The molecule has 0 aromatic heterocycles. The normalized spacial score (nSPS) is 25.8. The van der Waals surface area contributed by atoms with Crippen LogP contribution >= 0.6 is 0 Å². The fourth-order valence-electron chi connectivity index (χ4n) is 3.13. The standard InChI is InChI=1S/C19H38O4/c1-3-5-7-9-11-13-16(12-10-8-6-4-2)22-15-18-19(21)17(20)14-23-18/h16-21H,3-15H2,1-2H3. The molecular weight excluding hydrogens is 292 g/mol. The lowest BCUT2D eigenvalue weighted by atomic mass is 10.0. The number of hydrogen-bond acceptors (Lipinski definition) is 4. The summed E-state index contributed by atoms with van der Waals surface area (Å²) in [5.41, 5.74) is 0. The zero-order valence-electron chi connectivity index (χ0n) is 15.2. The Morgan fingerprint density at radius 3 is 2.00 bits per heavy atom. The Bertz CT molecular complexity index is 272. The van der Waals surface area contributed by atoms with Gasteiger partial charge < -0.3 is 19.7 Å². The summed E-state index contributed by atoms with van der Waals surface area (Å²) >= 11 is 0. The van der Waals surface area contributed by atoms with Gasteiger partial charge in [0.25, 0.3) is 0 Å². The van der Waals surface area contributed by atoms with Gasteiger partial charge in [-0.1, -0.05) is 71.6 Å². The first-order valence-electron chi connectivity index (χ1n) is 9.78. The van der Waals surface area contributed by atoms with E-state index >= 15 is 0 Å². The molecule has 0 aromatic carbocycles. The van der Waals surface area contributed by atoms with Gasteiger partial charge in [-0.05, 0) is 12.8 Å². The highest BCUT2D eigenvalue weighted by molar-refractivity contribution is 4.83. The van der Waals surface area contributed by atoms with Gasteiger partial charge in [0.15, 0.2) is 0 Å². The first kappa shape index (κ1) is 20.9. The van der Waals surface area contributed by atoms with Gasteiger partial charge in [0.2, 0.25) is 0 Å². The van der Waals surface area contributed by atoms with E-state index in [1.165, 1.54) is 57.8 Å². The Labute approximate surface area is 142 Å². The van der Waals surface area contributed by atoms with Crippen molar-refractivity contribution in [2.45, 2.75) is 109 Å². The molecule has 23 heavy (non-hydrogen) atoms. The van der Waals surface area contributed by atoms with Crippen molar-refractivity contribution in [3.63, 3.8) is 0 Å². The third-order valence-corrected chi connectivity index (χ3v) is 4.76. The van der Waals surface area contributed by atoms with E-state index in [0.717, 1.165) is 12.8 Å². The second-order valence-electron chi connectivity index (χ2n) is 6.94. The Kier molecular flexibility index (Phi) is 12.0. The lowest BCUT2D eigenvalue weighted by molar-refractivity contribution is -0.0586. The number of aliphatic hydroxyl groups is 2. The molecular formula is C19H38O4.